The Hall–Kier alpha value is -1.64. The molecule has 1 aromatic rings. The summed E-state index contributed by atoms with van der Waals surface area (Å²) in [4.78, 5) is 25.3. The van der Waals surface area contributed by atoms with Crippen LogP contribution in [0.5, 0.6) is 0 Å². The van der Waals surface area contributed by atoms with Crippen LogP contribution in [0.4, 0.5) is 0 Å². The smallest absolute Gasteiger partial charge is 0.223 e. The number of nitrogens with one attached hydrogen (secondary N) is 1. The summed E-state index contributed by atoms with van der Waals surface area (Å²) in [5.41, 5.74) is 2.49. The number of rotatable bonds is 5. The Balaban J connectivity index is 1.70. The fourth-order valence-corrected chi connectivity index (χ4v) is 4.69. The summed E-state index contributed by atoms with van der Waals surface area (Å²) in [7, 11) is 0. The largest absolute Gasteiger partial charge is 0.349 e. The van der Waals surface area contributed by atoms with Crippen LogP contribution in [0.1, 0.15) is 82.9 Å². The molecule has 26 heavy (non-hydrogen) atoms. The van der Waals surface area contributed by atoms with Crippen LogP contribution in [0.3, 0.4) is 0 Å². The van der Waals surface area contributed by atoms with E-state index < -0.39 is 0 Å². The van der Waals surface area contributed by atoms with Gasteiger partial charge in [0.15, 0.2) is 0 Å². The van der Waals surface area contributed by atoms with E-state index in [2.05, 4.69) is 57.3 Å². The maximum atomic E-state index is 13.0. The molecule has 3 atom stereocenters. The Morgan fingerprint density at radius 3 is 2.00 bits per heavy atom. The molecule has 3 rings (SSSR count). The SMILES string of the molecule is CC(C)c1ccc(C(NC(=O)C2CC3CCCC(C2)C3=O)C(C)C)cc1. The van der Waals surface area contributed by atoms with Crippen LogP contribution in [0, 0.1) is 23.7 Å². The third-order valence-corrected chi connectivity index (χ3v) is 6.35. The van der Waals surface area contributed by atoms with Crippen molar-refractivity contribution in [2.45, 2.75) is 71.8 Å². The summed E-state index contributed by atoms with van der Waals surface area (Å²) in [6.45, 7) is 8.69. The highest BCUT2D eigenvalue weighted by Crippen LogP contribution is 2.40. The molecule has 3 unspecified atom stereocenters. The number of hydrogen-bond acceptors (Lipinski definition) is 2. The number of fused-ring (bicyclic) bond motifs is 2. The summed E-state index contributed by atoms with van der Waals surface area (Å²) < 4.78 is 0. The van der Waals surface area contributed by atoms with Crippen LogP contribution >= 0.6 is 0 Å². The molecule has 3 nitrogen and oxygen atoms in total. The highest BCUT2D eigenvalue weighted by atomic mass is 16.2. The molecule has 142 valence electrons. The van der Waals surface area contributed by atoms with Crippen molar-refractivity contribution in [1.29, 1.82) is 0 Å². The first-order chi connectivity index (χ1) is 12.4. The summed E-state index contributed by atoms with van der Waals surface area (Å²) in [6, 6.07) is 8.68. The van der Waals surface area contributed by atoms with Crippen molar-refractivity contribution in [1.82, 2.24) is 5.32 Å². The third-order valence-electron chi connectivity index (χ3n) is 6.35. The van der Waals surface area contributed by atoms with Crippen molar-refractivity contribution in [3.63, 3.8) is 0 Å². The van der Waals surface area contributed by atoms with Crippen molar-refractivity contribution >= 4 is 11.7 Å². The number of hydrogen-bond donors (Lipinski definition) is 1. The van der Waals surface area contributed by atoms with Gasteiger partial charge in [0, 0.05) is 17.8 Å². The van der Waals surface area contributed by atoms with Gasteiger partial charge >= 0.3 is 0 Å². The Morgan fingerprint density at radius 2 is 1.50 bits per heavy atom. The van der Waals surface area contributed by atoms with E-state index in [0.717, 1.165) is 32.1 Å². The predicted octanol–water partition coefficient (Wildman–Crippen LogP) is 5.02. The van der Waals surface area contributed by atoms with Gasteiger partial charge in [-0.25, -0.2) is 0 Å². The van der Waals surface area contributed by atoms with Crippen LogP contribution < -0.4 is 5.32 Å². The van der Waals surface area contributed by atoms with E-state index >= 15 is 0 Å². The van der Waals surface area contributed by atoms with E-state index in [1.807, 2.05) is 0 Å². The highest BCUT2D eigenvalue weighted by Gasteiger charge is 2.41. The maximum absolute atomic E-state index is 13.0. The summed E-state index contributed by atoms with van der Waals surface area (Å²) in [5.74, 6) is 1.65. The van der Waals surface area contributed by atoms with Crippen LogP contribution in [0.15, 0.2) is 24.3 Å². The summed E-state index contributed by atoms with van der Waals surface area (Å²) in [6.07, 6.45) is 4.59. The lowest BCUT2D eigenvalue weighted by molar-refractivity contribution is -0.138. The van der Waals surface area contributed by atoms with Gasteiger partial charge in [-0.15, -0.1) is 0 Å². The first-order valence-electron chi connectivity index (χ1n) is 10.3. The predicted molar refractivity (Wildman–Crippen MR) is 105 cm³/mol. The molecule has 1 N–H and O–H groups in total. The van der Waals surface area contributed by atoms with Crippen molar-refractivity contribution in [3.8, 4) is 0 Å². The lowest BCUT2D eigenvalue weighted by Crippen LogP contribution is -2.44. The number of benzene rings is 1. The minimum Gasteiger partial charge on any atom is -0.349 e. The van der Waals surface area contributed by atoms with Crippen LogP contribution in [0.25, 0.3) is 0 Å². The van der Waals surface area contributed by atoms with E-state index in [-0.39, 0.29) is 29.7 Å². The molecule has 2 aliphatic rings. The normalized spacial score (nSPS) is 26.8. The minimum atomic E-state index is -0.000753. The quantitative estimate of drug-likeness (QED) is 0.806. The van der Waals surface area contributed by atoms with Crippen LogP contribution in [-0.2, 0) is 9.59 Å². The van der Waals surface area contributed by atoms with Gasteiger partial charge in [-0.3, -0.25) is 9.59 Å². The average molecular weight is 356 g/mol. The molecule has 2 fully saturated rings. The van der Waals surface area contributed by atoms with E-state index in [1.165, 1.54) is 11.1 Å². The number of Topliss-reactive ketones (excluding diaryl/α,β-unsaturated/α-hetero) is 1. The van der Waals surface area contributed by atoms with Crippen LogP contribution in [0.2, 0.25) is 0 Å². The van der Waals surface area contributed by atoms with Gasteiger partial charge < -0.3 is 5.32 Å². The van der Waals surface area contributed by atoms with Gasteiger partial charge in [-0.2, -0.15) is 0 Å². The van der Waals surface area contributed by atoms with Gasteiger partial charge in [0.05, 0.1) is 6.04 Å². The van der Waals surface area contributed by atoms with E-state index in [1.54, 1.807) is 0 Å². The first-order valence-corrected chi connectivity index (χ1v) is 10.3. The Morgan fingerprint density at radius 1 is 0.962 bits per heavy atom. The second-order valence-corrected chi connectivity index (χ2v) is 8.95. The molecule has 3 heteroatoms. The molecule has 0 heterocycles. The zero-order chi connectivity index (χ0) is 18.8. The monoisotopic (exact) mass is 355 g/mol. The van der Waals surface area contributed by atoms with Crippen LogP contribution in [-0.4, -0.2) is 11.7 Å². The summed E-state index contributed by atoms with van der Waals surface area (Å²) >= 11 is 0. The molecular formula is C23H33NO2. The number of ketones is 1. The molecule has 1 aromatic carbocycles. The van der Waals surface area contributed by atoms with Gasteiger partial charge in [-0.05, 0) is 48.6 Å². The number of amides is 1. The van der Waals surface area contributed by atoms with Gasteiger partial charge in [0.1, 0.15) is 5.78 Å². The summed E-state index contributed by atoms with van der Waals surface area (Å²) in [5, 5.41) is 3.31. The van der Waals surface area contributed by atoms with Crippen molar-refractivity contribution in [2.24, 2.45) is 23.7 Å². The standard InChI is InChI=1S/C23H33NO2/c1-14(2)16-8-10-17(11-9-16)21(15(3)4)24-23(26)20-12-18-6-5-7-19(13-20)22(18)25/h8-11,14-15,18-21H,5-7,12-13H2,1-4H3,(H,24,26). The molecule has 0 spiro atoms. The van der Waals surface area contributed by atoms with Gasteiger partial charge in [-0.1, -0.05) is 58.4 Å². The molecule has 0 aliphatic heterocycles. The molecule has 0 aromatic heterocycles. The molecule has 2 bridgehead atoms. The second kappa shape index (κ2) is 7.94. The second-order valence-electron chi connectivity index (χ2n) is 8.95. The molecule has 2 saturated carbocycles. The molecule has 0 radical (unpaired) electrons. The Labute approximate surface area is 157 Å². The molecule has 2 aliphatic carbocycles. The van der Waals surface area contributed by atoms with Crippen molar-refractivity contribution < 1.29 is 9.59 Å². The van der Waals surface area contributed by atoms with E-state index in [4.69, 9.17) is 0 Å². The fraction of sp³-hybridized carbons (Fsp3) is 0.652. The van der Waals surface area contributed by atoms with Crippen molar-refractivity contribution in [2.75, 3.05) is 0 Å². The Kier molecular flexibility index (Phi) is 5.84. The van der Waals surface area contributed by atoms with Gasteiger partial charge in [0.25, 0.3) is 0 Å². The van der Waals surface area contributed by atoms with E-state index in [9.17, 15) is 9.59 Å². The molecule has 0 saturated heterocycles. The number of carbonyl (C=O) groups excluding carboxylic acids is 2. The zero-order valence-corrected chi connectivity index (χ0v) is 16.6. The number of carbonyl (C=O) groups is 2. The maximum Gasteiger partial charge on any atom is 0.223 e. The highest BCUT2D eigenvalue weighted by molar-refractivity contribution is 5.88. The van der Waals surface area contributed by atoms with Crippen molar-refractivity contribution in [3.05, 3.63) is 35.4 Å². The third kappa shape index (κ3) is 4.02. The van der Waals surface area contributed by atoms with E-state index in [0.29, 0.717) is 17.6 Å². The lowest BCUT2D eigenvalue weighted by atomic mass is 9.67. The minimum absolute atomic E-state index is 0.000753. The van der Waals surface area contributed by atoms with Gasteiger partial charge in [0.2, 0.25) is 5.91 Å². The fourth-order valence-electron chi connectivity index (χ4n) is 4.69. The topological polar surface area (TPSA) is 46.2 Å². The molecular weight excluding hydrogens is 322 g/mol. The Bertz CT molecular complexity index is 631. The zero-order valence-electron chi connectivity index (χ0n) is 16.6. The average Bonchev–Trinajstić information content (AvgIpc) is 2.59. The first kappa shape index (κ1) is 19.1. The molecule has 1 amide bonds. The lowest BCUT2D eigenvalue weighted by Gasteiger charge is -2.37.